The quantitative estimate of drug-likeness (QED) is 0.159. The van der Waals surface area contributed by atoms with Crippen LogP contribution in [0.15, 0.2) is 112 Å². The third-order valence-corrected chi connectivity index (χ3v) is 8.19. The van der Waals surface area contributed by atoms with Crippen LogP contribution in [0.25, 0.3) is 22.5 Å². The summed E-state index contributed by atoms with van der Waals surface area (Å²) >= 11 is 12.0. The van der Waals surface area contributed by atoms with Gasteiger partial charge in [-0.25, -0.2) is 13.2 Å². The molecule has 0 aliphatic rings. The maximum Gasteiger partial charge on any atom is 0.338 e. The molecule has 1 heterocycles. The fourth-order valence-corrected chi connectivity index (χ4v) is 5.75. The number of nitrogens with zero attached hydrogens (tertiary/aromatic N) is 1. The highest BCUT2D eigenvalue weighted by molar-refractivity contribution is 7.92. The first-order valence-corrected chi connectivity index (χ1v) is 15.1. The molecule has 0 spiro atoms. The van der Waals surface area contributed by atoms with Crippen molar-refractivity contribution in [3.05, 3.63) is 124 Å². The molecule has 0 saturated carbocycles. The van der Waals surface area contributed by atoms with E-state index in [-0.39, 0.29) is 37.6 Å². The van der Waals surface area contributed by atoms with Gasteiger partial charge in [-0.3, -0.25) is 14.8 Å². The lowest BCUT2D eigenvalue weighted by Gasteiger charge is -2.11. The van der Waals surface area contributed by atoms with Crippen LogP contribution in [-0.2, 0) is 19.6 Å². The monoisotopic (exact) mass is 645 g/mol. The van der Waals surface area contributed by atoms with E-state index in [0.29, 0.717) is 22.5 Å². The smallest absolute Gasteiger partial charge is 0.338 e. The molecule has 9 nitrogen and oxygen atoms in total. The SMILES string of the molecule is N#Cc1c(NC(=O)COC(=O)c2cccc(S(=O)(=O)Nc3cc(Cl)ccc3Cl)c2)oc(-c2ccccc2)c1-c1ccccc1. The summed E-state index contributed by atoms with van der Waals surface area (Å²) in [6.45, 7) is -0.737. The number of esters is 1. The summed E-state index contributed by atoms with van der Waals surface area (Å²) in [5.41, 5.74) is 1.94. The molecular weight excluding hydrogens is 625 g/mol. The Kier molecular flexibility index (Phi) is 9.01. The van der Waals surface area contributed by atoms with Gasteiger partial charge >= 0.3 is 5.97 Å². The maximum absolute atomic E-state index is 12.9. The minimum atomic E-state index is -4.16. The van der Waals surface area contributed by atoms with Gasteiger partial charge in [0, 0.05) is 16.1 Å². The molecule has 12 heteroatoms. The predicted octanol–water partition coefficient (Wildman–Crippen LogP) is 7.39. The second kappa shape index (κ2) is 13.1. The van der Waals surface area contributed by atoms with Gasteiger partial charge in [-0.1, -0.05) is 89.9 Å². The highest BCUT2D eigenvalue weighted by atomic mass is 35.5. The normalized spacial score (nSPS) is 10.9. The van der Waals surface area contributed by atoms with Crippen LogP contribution in [0.5, 0.6) is 0 Å². The number of amides is 1. The summed E-state index contributed by atoms with van der Waals surface area (Å²) in [4.78, 5) is 25.3. The number of halogens is 2. The molecule has 1 aromatic heterocycles. The Morgan fingerprint density at radius 2 is 1.55 bits per heavy atom. The zero-order valence-corrected chi connectivity index (χ0v) is 24.9. The fraction of sp³-hybridized carbons (Fsp3) is 0.0312. The molecule has 0 bridgehead atoms. The van der Waals surface area contributed by atoms with Gasteiger partial charge < -0.3 is 9.15 Å². The molecule has 0 unspecified atom stereocenters. The van der Waals surface area contributed by atoms with Gasteiger partial charge in [0.05, 0.1) is 21.2 Å². The molecule has 4 aromatic carbocycles. The minimum Gasteiger partial charge on any atom is -0.452 e. The zero-order valence-electron chi connectivity index (χ0n) is 22.6. The minimum absolute atomic E-state index is 0.0596. The summed E-state index contributed by atoms with van der Waals surface area (Å²) < 4.78 is 39.3. The summed E-state index contributed by atoms with van der Waals surface area (Å²) in [5, 5.41) is 12.9. The molecule has 0 atom stereocenters. The lowest BCUT2D eigenvalue weighted by atomic mass is 9.98. The Morgan fingerprint density at radius 1 is 0.864 bits per heavy atom. The lowest BCUT2D eigenvalue weighted by Crippen LogP contribution is -2.21. The van der Waals surface area contributed by atoms with Crippen molar-refractivity contribution in [2.75, 3.05) is 16.6 Å². The third kappa shape index (κ3) is 6.76. The van der Waals surface area contributed by atoms with E-state index >= 15 is 0 Å². The number of carbonyl (C=O) groups is 2. The van der Waals surface area contributed by atoms with E-state index in [1.165, 1.54) is 36.4 Å². The van der Waals surface area contributed by atoms with Gasteiger partial charge in [0.2, 0.25) is 5.88 Å². The highest BCUT2D eigenvalue weighted by Crippen LogP contribution is 2.41. The molecule has 0 aliphatic carbocycles. The maximum atomic E-state index is 12.9. The number of hydrogen-bond acceptors (Lipinski definition) is 7. The van der Waals surface area contributed by atoms with E-state index in [1.54, 1.807) is 0 Å². The number of benzene rings is 4. The van der Waals surface area contributed by atoms with Crippen molar-refractivity contribution in [1.82, 2.24) is 0 Å². The first kappa shape index (κ1) is 30.4. The van der Waals surface area contributed by atoms with Gasteiger partial charge in [0.15, 0.2) is 6.61 Å². The summed E-state index contributed by atoms with van der Waals surface area (Å²) in [5.74, 6) is -1.45. The van der Waals surface area contributed by atoms with Crippen LogP contribution in [0.2, 0.25) is 10.0 Å². The van der Waals surface area contributed by atoms with Crippen LogP contribution in [0, 0.1) is 11.3 Å². The van der Waals surface area contributed by atoms with Crippen LogP contribution < -0.4 is 10.0 Å². The Hall–Kier alpha value is -5.08. The molecule has 5 aromatic rings. The predicted molar refractivity (Wildman–Crippen MR) is 167 cm³/mol. The molecule has 0 fully saturated rings. The van der Waals surface area contributed by atoms with Crippen molar-refractivity contribution in [3.63, 3.8) is 0 Å². The number of carbonyl (C=O) groups excluding carboxylic acids is 2. The van der Waals surface area contributed by atoms with Crippen LogP contribution in [0.3, 0.4) is 0 Å². The lowest BCUT2D eigenvalue weighted by molar-refractivity contribution is -0.119. The topological polar surface area (TPSA) is 138 Å². The van der Waals surface area contributed by atoms with E-state index in [0.717, 1.165) is 6.07 Å². The molecule has 44 heavy (non-hydrogen) atoms. The summed E-state index contributed by atoms with van der Waals surface area (Å²) in [7, 11) is -4.16. The Labute approximate surface area is 262 Å². The number of nitriles is 1. The van der Waals surface area contributed by atoms with Gasteiger partial charge in [-0.2, -0.15) is 5.26 Å². The number of furan rings is 1. The number of rotatable bonds is 9. The van der Waals surface area contributed by atoms with Crippen LogP contribution in [-0.4, -0.2) is 26.9 Å². The number of anilines is 2. The fourth-order valence-electron chi connectivity index (χ4n) is 4.25. The van der Waals surface area contributed by atoms with Crippen molar-refractivity contribution in [2.24, 2.45) is 0 Å². The molecule has 220 valence electrons. The van der Waals surface area contributed by atoms with E-state index in [2.05, 4.69) is 16.1 Å². The van der Waals surface area contributed by atoms with Crippen LogP contribution in [0.1, 0.15) is 15.9 Å². The number of sulfonamides is 1. The average Bonchev–Trinajstić information content (AvgIpc) is 3.40. The van der Waals surface area contributed by atoms with E-state index < -0.39 is 28.5 Å². The second-order valence-corrected chi connectivity index (χ2v) is 11.8. The Morgan fingerprint density at radius 3 is 2.23 bits per heavy atom. The Bertz CT molecular complexity index is 2010. The largest absolute Gasteiger partial charge is 0.452 e. The number of ether oxygens (including phenoxy) is 1. The van der Waals surface area contributed by atoms with Crippen LogP contribution in [0.4, 0.5) is 11.6 Å². The van der Waals surface area contributed by atoms with Crippen molar-refractivity contribution in [2.45, 2.75) is 4.90 Å². The number of nitrogens with one attached hydrogen (secondary N) is 2. The third-order valence-electron chi connectivity index (χ3n) is 6.26. The van der Waals surface area contributed by atoms with Gasteiger partial charge in [0.1, 0.15) is 17.4 Å². The van der Waals surface area contributed by atoms with Crippen molar-refractivity contribution >= 4 is 56.7 Å². The molecule has 1 amide bonds. The van der Waals surface area contributed by atoms with E-state index in [4.69, 9.17) is 32.4 Å². The first-order chi connectivity index (χ1) is 21.2. The first-order valence-electron chi connectivity index (χ1n) is 12.9. The standard InChI is InChI=1S/C32H21Cl2N3O6S/c33-23-14-15-26(34)27(17-23)37-44(40,41)24-13-7-12-22(16-24)32(39)42-19-28(38)36-31-25(18-35)29(20-8-3-1-4-9-20)30(43-31)21-10-5-2-6-11-21/h1-17,37H,19H2,(H,36,38). The second-order valence-electron chi connectivity index (χ2n) is 9.24. The zero-order chi connectivity index (χ0) is 31.3. The molecular formula is C32H21Cl2N3O6S. The molecule has 5 rings (SSSR count). The average molecular weight is 647 g/mol. The van der Waals surface area contributed by atoms with Gasteiger partial charge in [0.25, 0.3) is 15.9 Å². The van der Waals surface area contributed by atoms with Crippen LogP contribution >= 0.6 is 23.2 Å². The summed E-state index contributed by atoms with van der Waals surface area (Å²) in [6, 6.07) is 29.7. The molecule has 0 radical (unpaired) electrons. The van der Waals surface area contributed by atoms with E-state index in [9.17, 15) is 23.3 Å². The van der Waals surface area contributed by atoms with Crippen molar-refractivity contribution < 1.29 is 27.2 Å². The van der Waals surface area contributed by atoms with E-state index in [1.807, 2.05) is 60.7 Å². The summed E-state index contributed by atoms with van der Waals surface area (Å²) in [6.07, 6.45) is 0. The Balaban J connectivity index is 1.32. The van der Waals surface area contributed by atoms with Crippen molar-refractivity contribution in [3.8, 4) is 28.5 Å². The van der Waals surface area contributed by atoms with Crippen molar-refractivity contribution in [1.29, 1.82) is 5.26 Å². The number of hydrogen-bond donors (Lipinski definition) is 2. The molecule has 0 aliphatic heterocycles. The highest BCUT2D eigenvalue weighted by Gasteiger charge is 2.25. The molecule has 0 saturated heterocycles. The van der Waals surface area contributed by atoms with Gasteiger partial charge in [-0.05, 0) is 42.0 Å². The molecule has 2 N–H and O–H groups in total. The van der Waals surface area contributed by atoms with Gasteiger partial charge in [-0.15, -0.1) is 0 Å².